The molecule has 2 fully saturated rings. The van der Waals surface area contributed by atoms with E-state index in [1.165, 1.54) is 12.1 Å². The summed E-state index contributed by atoms with van der Waals surface area (Å²) in [7, 11) is 0. The first-order valence-electron chi connectivity index (χ1n) is 8.65. The maximum Gasteiger partial charge on any atom is 0.433 e. The first-order chi connectivity index (χ1) is 12.8. The van der Waals surface area contributed by atoms with E-state index in [9.17, 15) is 22.4 Å². The number of likely N-dealkylation sites (tertiary alicyclic amines) is 1. The lowest BCUT2D eigenvalue weighted by Crippen LogP contribution is -2.34. The van der Waals surface area contributed by atoms with Crippen molar-refractivity contribution in [3.8, 4) is 0 Å². The minimum Gasteiger partial charge on any atom is -0.331 e. The predicted octanol–water partition coefficient (Wildman–Crippen LogP) is 3.27. The number of carbonyl (C=O) groups is 1. The predicted molar refractivity (Wildman–Crippen MR) is 89.3 cm³/mol. The van der Waals surface area contributed by atoms with E-state index in [1.54, 1.807) is 17.0 Å². The van der Waals surface area contributed by atoms with E-state index in [-0.39, 0.29) is 35.2 Å². The molecule has 1 N–H and O–H groups in total. The molecule has 142 valence electrons. The van der Waals surface area contributed by atoms with E-state index in [0.717, 1.165) is 24.9 Å². The summed E-state index contributed by atoms with van der Waals surface area (Å²) in [6, 6.07) is 7.76. The zero-order valence-electron chi connectivity index (χ0n) is 14.2. The summed E-state index contributed by atoms with van der Waals surface area (Å²) in [5.41, 5.74) is -0.250. The van der Waals surface area contributed by atoms with Gasteiger partial charge in [0.2, 0.25) is 0 Å². The van der Waals surface area contributed by atoms with Crippen molar-refractivity contribution in [2.24, 2.45) is 11.8 Å². The number of benzene rings is 1. The van der Waals surface area contributed by atoms with Crippen molar-refractivity contribution >= 4 is 5.91 Å². The van der Waals surface area contributed by atoms with E-state index in [1.807, 2.05) is 0 Å². The van der Waals surface area contributed by atoms with Crippen LogP contribution >= 0.6 is 0 Å². The van der Waals surface area contributed by atoms with E-state index >= 15 is 0 Å². The van der Waals surface area contributed by atoms with Gasteiger partial charge in [-0.1, -0.05) is 12.1 Å². The Hall–Kier alpha value is -2.48. The summed E-state index contributed by atoms with van der Waals surface area (Å²) in [4.78, 5) is 18.0. The lowest BCUT2D eigenvalue weighted by molar-refractivity contribution is -0.141. The fourth-order valence-corrected chi connectivity index (χ4v) is 4.10. The van der Waals surface area contributed by atoms with Crippen LogP contribution in [0.2, 0.25) is 0 Å². The summed E-state index contributed by atoms with van der Waals surface area (Å²) >= 11 is 0. The Morgan fingerprint density at radius 3 is 2.67 bits per heavy atom. The van der Waals surface area contributed by atoms with Gasteiger partial charge in [0.05, 0.1) is 11.6 Å². The van der Waals surface area contributed by atoms with Gasteiger partial charge in [0.15, 0.2) is 0 Å². The van der Waals surface area contributed by atoms with E-state index in [2.05, 4.69) is 10.3 Å². The molecule has 0 unspecified atom stereocenters. The Morgan fingerprint density at radius 2 is 2.00 bits per heavy atom. The minimum atomic E-state index is -4.55. The second-order valence-corrected chi connectivity index (χ2v) is 6.97. The number of hydrogen-bond donors (Lipinski definition) is 1. The minimum absolute atomic E-state index is 0.0948. The van der Waals surface area contributed by atoms with Crippen LogP contribution in [-0.4, -0.2) is 35.4 Å². The van der Waals surface area contributed by atoms with Crippen molar-refractivity contribution in [2.75, 3.05) is 19.6 Å². The molecule has 8 heteroatoms. The van der Waals surface area contributed by atoms with Crippen LogP contribution in [0.5, 0.6) is 0 Å². The average Bonchev–Trinajstić information content (AvgIpc) is 3.21. The Morgan fingerprint density at radius 1 is 1.19 bits per heavy atom. The number of fused-ring (bicyclic) bond motifs is 1. The third-order valence-corrected chi connectivity index (χ3v) is 5.32. The van der Waals surface area contributed by atoms with E-state index in [4.69, 9.17) is 0 Å². The molecule has 2 saturated heterocycles. The topological polar surface area (TPSA) is 45.2 Å². The van der Waals surface area contributed by atoms with Crippen molar-refractivity contribution in [2.45, 2.75) is 12.2 Å². The first-order valence-corrected chi connectivity index (χ1v) is 8.65. The number of hydrogen-bond acceptors (Lipinski definition) is 3. The molecule has 0 aliphatic carbocycles. The highest BCUT2D eigenvalue weighted by Crippen LogP contribution is 2.43. The van der Waals surface area contributed by atoms with Gasteiger partial charge in [-0.25, -0.2) is 4.39 Å². The Bertz CT molecular complexity index is 853. The highest BCUT2D eigenvalue weighted by atomic mass is 19.4. The third-order valence-electron chi connectivity index (χ3n) is 5.32. The summed E-state index contributed by atoms with van der Waals surface area (Å²) in [5.74, 6) is -0.409. The van der Waals surface area contributed by atoms with Gasteiger partial charge in [-0.2, -0.15) is 13.2 Å². The second kappa shape index (κ2) is 6.60. The Balaban J connectivity index is 1.65. The fourth-order valence-electron chi connectivity index (χ4n) is 4.10. The molecule has 2 aliphatic rings. The Labute approximate surface area is 153 Å². The second-order valence-electron chi connectivity index (χ2n) is 6.97. The average molecular weight is 379 g/mol. The summed E-state index contributed by atoms with van der Waals surface area (Å²) in [6.45, 7) is 1.94. The van der Waals surface area contributed by atoms with Crippen LogP contribution in [0.25, 0.3) is 0 Å². The molecule has 1 amide bonds. The van der Waals surface area contributed by atoms with Crippen molar-refractivity contribution in [1.29, 1.82) is 0 Å². The van der Waals surface area contributed by atoms with Crippen LogP contribution in [0, 0.1) is 17.7 Å². The molecule has 0 saturated carbocycles. The largest absolute Gasteiger partial charge is 0.433 e. The molecule has 27 heavy (non-hydrogen) atoms. The molecule has 4 rings (SSSR count). The van der Waals surface area contributed by atoms with E-state index in [0.29, 0.717) is 18.7 Å². The van der Waals surface area contributed by atoms with Gasteiger partial charge in [-0.3, -0.25) is 9.78 Å². The molecule has 2 aromatic rings. The van der Waals surface area contributed by atoms with Crippen LogP contribution in [0.3, 0.4) is 0 Å². The number of halogens is 4. The number of rotatable bonds is 2. The third kappa shape index (κ3) is 3.29. The number of amides is 1. The van der Waals surface area contributed by atoms with E-state index < -0.39 is 11.9 Å². The number of nitrogens with zero attached hydrogens (tertiary/aromatic N) is 2. The summed E-state index contributed by atoms with van der Waals surface area (Å²) < 4.78 is 51.8. The summed E-state index contributed by atoms with van der Waals surface area (Å²) in [6.07, 6.45) is -3.60. The molecule has 4 nitrogen and oxygen atoms in total. The SMILES string of the molecule is O=C(c1ccc(C(F)(F)F)nc1)N1C[C@@H]2CNC[C@@H]2[C@H]1c1cccc(F)c1. The van der Waals surface area contributed by atoms with Gasteiger partial charge >= 0.3 is 6.18 Å². The van der Waals surface area contributed by atoms with Crippen LogP contribution < -0.4 is 5.32 Å². The van der Waals surface area contributed by atoms with Crippen LogP contribution in [0.15, 0.2) is 42.6 Å². The van der Waals surface area contributed by atoms with Crippen molar-refractivity contribution in [3.63, 3.8) is 0 Å². The molecule has 1 aromatic heterocycles. The number of carbonyl (C=O) groups excluding carboxylic acids is 1. The summed E-state index contributed by atoms with van der Waals surface area (Å²) in [5, 5.41) is 3.29. The van der Waals surface area contributed by atoms with Gasteiger partial charge in [0, 0.05) is 31.7 Å². The zero-order valence-corrected chi connectivity index (χ0v) is 14.2. The Kier molecular flexibility index (Phi) is 4.38. The first kappa shape index (κ1) is 17.9. The molecule has 0 bridgehead atoms. The van der Waals surface area contributed by atoms with Gasteiger partial charge in [0.1, 0.15) is 11.5 Å². The monoisotopic (exact) mass is 379 g/mol. The van der Waals surface area contributed by atoms with Gasteiger partial charge < -0.3 is 10.2 Å². The van der Waals surface area contributed by atoms with Gasteiger partial charge in [0.25, 0.3) is 5.91 Å². The number of pyridine rings is 1. The van der Waals surface area contributed by atoms with Crippen LogP contribution in [0.1, 0.15) is 27.7 Å². The standard InChI is InChI=1S/C19H17F4N3O/c20-14-3-1-2-11(6-14)17-15-9-24-7-13(15)10-26(17)18(27)12-4-5-16(25-8-12)19(21,22)23/h1-6,8,13,15,17,24H,7,9-10H2/t13-,15-,17+/m0/s1. The van der Waals surface area contributed by atoms with Gasteiger partial charge in [-0.15, -0.1) is 0 Å². The van der Waals surface area contributed by atoms with Crippen molar-refractivity contribution in [1.82, 2.24) is 15.2 Å². The molecule has 3 atom stereocenters. The molecule has 0 radical (unpaired) electrons. The van der Waals surface area contributed by atoms with Crippen molar-refractivity contribution in [3.05, 3.63) is 65.2 Å². The van der Waals surface area contributed by atoms with Crippen LogP contribution in [-0.2, 0) is 6.18 Å². The number of alkyl halides is 3. The number of nitrogens with one attached hydrogen (secondary N) is 1. The highest BCUT2D eigenvalue weighted by Gasteiger charge is 2.47. The fraction of sp³-hybridized carbons (Fsp3) is 0.368. The zero-order chi connectivity index (χ0) is 19.2. The van der Waals surface area contributed by atoms with Gasteiger partial charge in [-0.05, 0) is 35.7 Å². The molecular weight excluding hydrogens is 362 g/mol. The quantitative estimate of drug-likeness (QED) is 0.815. The molecule has 1 aromatic carbocycles. The lowest BCUT2D eigenvalue weighted by Gasteiger charge is -2.28. The van der Waals surface area contributed by atoms with Crippen molar-refractivity contribution < 1.29 is 22.4 Å². The van der Waals surface area contributed by atoms with Crippen LogP contribution in [0.4, 0.5) is 17.6 Å². The maximum absolute atomic E-state index is 13.7. The maximum atomic E-state index is 13.7. The normalized spacial score (nSPS) is 24.9. The molecular formula is C19H17F4N3O. The number of aromatic nitrogens is 1. The lowest BCUT2D eigenvalue weighted by atomic mass is 9.89. The molecule has 2 aliphatic heterocycles. The smallest absolute Gasteiger partial charge is 0.331 e. The molecule has 3 heterocycles. The molecule has 0 spiro atoms. The highest BCUT2D eigenvalue weighted by molar-refractivity contribution is 5.94.